The van der Waals surface area contributed by atoms with Crippen LogP contribution in [0, 0.1) is 0 Å². The van der Waals surface area contributed by atoms with Gasteiger partial charge in [-0.2, -0.15) is 0 Å². The molecule has 1 heterocycles. The molecule has 1 aromatic rings. The van der Waals surface area contributed by atoms with Crippen LogP contribution in [0.25, 0.3) is 5.57 Å². The zero-order chi connectivity index (χ0) is 11.8. The number of hydrogen-bond donors (Lipinski definition) is 2. The molecule has 0 radical (unpaired) electrons. The SMILES string of the molecule is CCNc1ccc2c(c1)C(C)=CC(C)(C)N2. The molecule has 0 atom stereocenters. The van der Waals surface area contributed by atoms with Gasteiger partial charge in [-0.3, -0.25) is 0 Å². The van der Waals surface area contributed by atoms with Crippen LogP contribution < -0.4 is 10.6 Å². The molecule has 0 aliphatic carbocycles. The highest BCUT2D eigenvalue weighted by Gasteiger charge is 2.22. The van der Waals surface area contributed by atoms with Gasteiger partial charge in [-0.1, -0.05) is 6.08 Å². The van der Waals surface area contributed by atoms with Gasteiger partial charge in [0.1, 0.15) is 0 Å². The molecule has 0 bridgehead atoms. The molecule has 2 heteroatoms. The Morgan fingerprint density at radius 3 is 2.75 bits per heavy atom. The van der Waals surface area contributed by atoms with Crippen LogP contribution >= 0.6 is 0 Å². The Morgan fingerprint density at radius 1 is 1.31 bits per heavy atom. The fraction of sp³-hybridized carbons (Fsp3) is 0.429. The third kappa shape index (κ3) is 2.06. The molecule has 1 aromatic carbocycles. The van der Waals surface area contributed by atoms with E-state index < -0.39 is 0 Å². The van der Waals surface area contributed by atoms with Crippen LogP contribution in [0.4, 0.5) is 11.4 Å². The molecule has 0 unspecified atom stereocenters. The second kappa shape index (κ2) is 3.85. The molecule has 0 aromatic heterocycles. The quantitative estimate of drug-likeness (QED) is 0.787. The van der Waals surface area contributed by atoms with E-state index in [1.165, 1.54) is 22.5 Å². The van der Waals surface area contributed by atoms with Gasteiger partial charge in [0.25, 0.3) is 0 Å². The maximum Gasteiger partial charge on any atom is 0.0505 e. The van der Waals surface area contributed by atoms with Gasteiger partial charge in [0.2, 0.25) is 0 Å². The van der Waals surface area contributed by atoms with Crippen LogP contribution in [-0.4, -0.2) is 12.1 Å². The highest BCUT2D eigenvalue weighted by molar-refractivity contribution is 5.82. The second-order valence-corrected chi connectivity index (χ2v) is 4.96. The summed E-state index contributed by atoms with van der Waals surface area (Å²) in [5, 5.41) is 6.88. The molecule has 2 N–H and O–H groups in total. The largest absolute Gasteiger partial charge is 0.385 e. The third-order valence-corrected chi connectivity index (χ3v) is 2.86. The van der Waals surface area contributed by atoms with Crippen LogP contribution in [0.5, 0.6) is 0 Å². The maximum absolute atomic E-state index is 3.53. The fourth-order valence-corrected chi connectivity index (χ4v) is 2.30. The molecule has 0 saturated heterocycles. The van der Waals surface area contributed by atoms with Gasteiger partial charge in [0, 0.05) is 23.5 Å². The van der Waals surface area contributed by atoms with Crippen molar-refractivity contribution < 1.29 is 0 Å². The van der Waals surface area contributed by atoms with Gasteiger partial charge in [-0.05, 0) is 51.5 Å². The minimum absolute atomic E-state index is 0.0524. The zero-order valence-electron chi connectivity index (χ0n) is 10.5. The van der Waals surface area contributed by atoms with Crippen LogP contribution in [0.15, 0.2) is 24.3 Å². The van der Waals surface area contributed by atoms with Crippen molar-refractivity contribution in [2.24, 2.45) is 0 Å². The number of fused-ring (bicyclic) bond motifs is 1. The minimum atomic E-state index is 0.0524. The summed E-state index contributed by atoms with van der Waals surface area (Å²) in [6.07, 6.45) is 2.28. The summed E-state index contributed by atoms with van der Waals surface area (Å²) in [6.45, 7) is 9.64. The average molecular weight is 216 g/mol. The van der Waals surface area contributed by atoms with Crippen molar-refractivity contribution in [3.63, 3.8) is 0 Å². The monoisotopic (exact) mass is 216 g/mol. The van der Waals surface area contributed by atoms with Crippen molar-refractivity contribution in [2.75, 3.05) is 17.2 Å². The smallest absolute Gasteiger partial charge is 0.0505 e. The lowest BCUT2D eigenvalue weighted by Gasteiger charge is -2.31. The summed E-state index contributed by atoms with van der Waals surface area (Å²) >= 11 is 0. The summed E-state index contributed by atoms with van der Waals surface area (Å²) in [4.78, 5) is 0. The highest BCUT2D eigenvalue weighted by atomic mass is 15.0. The van der Waals surface area contributed by atoms with Gasteiger partial charge in [0.15, 0.2) is 0 Å². The van der Waals surface area contributed by atoms with E-state index in [1.807, 2.05) is 0 Å². The van der Waals surface area contributed by atoms with E-state index in [0.29, 0.717) is 0 Å². The third-order valence-electron chi connectivity index (χ3n) is 2.86. The summed E-state index contributed by atoms with van der Waals surface area (Å²) in [5.41, 5.74) is 5.12. The van der Waals surface area contributed by atoms with Crippen LogP contribution in [0.2, 0.25) is 0 Å². The maximum atomic E-state index is 3.53. The Bertz CT molecular complexity index is 430. The Hall–Kier alpha value is -1.44. The summed E-state index contributed by atoms with van der Waals surface area (Å²) in [5.74, 6) is 0. The first kappa shape index (κ1) is 11.1. The zero-order valence-corrected chi connectivity index (χ0v) is 10.5. The molecule has 0 amide bonds. The van der Waals surface area contributed by atoms with E-state index in [-0.39, 0.29) is 5.54 Å². The summed E-state index contributed by atoms with van der Waals surface area (Å²) in [6, 6.07) is 6.50. The number of hydrogen-bond acceptors (Lipinski definition) is 2. The number of benzene rings is 1. The van der Waals surface area contributed by atoms with Gasteiger partial charge in [-0.15, -0.1) is 0 Å². The Kier molecular flexibility index (Phi) is 2.66. The molecule has 0 spiro atoms. The molecule has 86 valence electrons. The molecule has 2 nitrogen and oxygen atoms in total. The number of rotatable bonds is 2. The predicted octanol–water partition coefficient (Wildman–Crippen LogP) is 3.73. The van der Waals surface area contributed by atoms with E-state index in [2.05, 4.69) is 62.6 Å². The van der Waals surface area contributed by atoms with Crippen LogP contribution in [0.1, 0.15) is 33.3 Å². The summed E-state index contributed by atoms with van der Waals surface area (Å²) in [7, 11) is 0. The second-order valence-electron chi connectivity index (χ2n) is 4.96. The van der Waals surface area contributed by atoms with E-state index in [0.717, 1.165) is 6.54 Å². The first-order valence-electron chi connectivity index (χ1n) is 5.88. The number of nitrogens with one attached hydrogen (secondary N) is 2. The Morgan fingerprint density at radius 2 is 2.06 bits per heavy atom. The molecule has 16 heavy (non-hydrogen) atoms. The van der Waals surface area contributed by atoms with Gasteiger partial charge in [0.05, 0.1) is 5.54 Å². The Balaban J connectivity index is 2.42. The standard InChI is InChI=1S/C14H20N2/c1-5-15-11-6-7-13-12(8-11)10(2)9-14(3,4)16-13/h6-9,15-16H,5H2,1-4H3. The molecule has 2 rings (SSSR count). The van der Waals surface area contributed by atoms with Crippen molar-refractivity contribution in [3.8, 4) is 0 Å². The van der Waals surface area contributed by atoms with Crippen molar-refractivity contribution in [3.05, 3.63) is 29.8 Å². The topological polar surface area (TPSA) is 24.1 Å². The first-order valence-corrected chi connectivity index (χ1v) is 5.88. The van der Waals surface area contributed by atoms with E-state index in [1.54, 1.807) is 0 Å². The van der Waals surface area contributed by atoms with Gasteiger partial charge in [-0.25, -0.2) is 0 Å². The minimum Gasteiger partial charge on any atom is -0.385 e. The average Bonchev–Trinajstić information content (AvgIpc) is 2.18. The molecular weight excluding hydrogens is 196 g/mol. The van der Waals surface area contributed by atoms with E-state index in [4.69, 9.17) is 0 Å². The molecule has 1 aliphatic heterocycles. The van der Waals surface area contributed by atoms with Crippen molar-refractivity contribution in [2.45, 2.75) is 33.2 Å². The van der Waals surface area contributed by atoms with Gasteiger partial charge >= 0.3 is 0 Å². The predicted molar refractivity (Wildman–Crippen MR) is 72.0 cm³/mol. The first-order chi connectivity index (χ1) is 7.52. The molecule has 0 saturated carbocycles. The molecule has 1 aliphatic rings. The lowest BCUT2D eigenvalue weighted by atomic mass is 9.91. The number of anilines is 2. The van der Waals surface area contributed by atoms with Crippen LogP contribution in [-0.2, 0) is 0 Å². The Labute approximate surface area is 97.8 Å². The van der Waals surface area contributed by atoms with E-state index >= 15 is 0 Å². The molecule has 0 fully saturated rings. The summed E-state index contributed by atoms with van der Waals surface area (Å²) < 4.78 is 0. The fourth-order valence-electron chi connectivity index (χ4n) is 2.30. The highest BCUT2D eigenvalue weighted by Crippen LogP contribution is 2.34. The normalized spacial score (nSPS) is 17.1. The van der Waals surface area contributed by atoms with Crippen LogP contribution in [0.3, 0.4) is 0 Å². The lowest BCUT2D eigenvalue weighted by Crippen LogP contribution is -2.31. The lowest BCUT2D eigenvalue weighted by molar-refractivity contribution is 0.707. The molecular formula is C14H20N2. The van der Waals surface area contributed by atoms with Crippen molar-refractivity contribution in [1.82, 2.24) is 0 Å². The van der Waals surface area contributed by atoms with Gasteiger partial charge < -0.3 is 10.6 Å². The van der Waals surface area contributed by atoms with Crippen molar-refractivity contribution >= 4 is 16.9 Å². The van der Waals surface area contributed by atoms with Crippen molar-refractivity contribution in [1.29, 1.82) is 0 Å². The van der Waals surface area contributed by atoms with E-state index in [9.17, 15) is 0 Å². The number of allylic oxidation sites excluding steroid dienone is 1.